The molecule has 0 fully saturated rings. The number of nitrogens with one attached hydrogen (secondary N) is 2. The average Bonchev–Trinajstić information content (AvgIpc) is 2.46. The summed E-state index contributed by atoms with van der Waals surface area (Å²) in [5.41, 5.74) is 1.42. The van der Waals surface area contributed by atoms with Gasteiger partial charge in [0.15, 0.2) is 5.82 Å². The van der Waals surface area contributed by atoms with Crippen LogP contribution in [0.4, 0.5) is 11.5 Å². The van der Waals surface area contributed by atoms with E-state index in [9.17, 15) is 4.79 Å². The number of aromatic nitrogens is 2. The molecule has 1 heterocycles. The third kappa shape index (κ3) is 3.51. The van der Waals surface area contributed by atoms with E-state index in [1.807, 2.05) is 18.2 Å². The summed E-state index contributed by atoms with van der Waals surface area (Å²) >= 11 is 0. The average molecular weight is 256 g/mol. The van der Waals surface area contributed by atoms with Crippen molar-refractivity contribution >= 4 is 17.4 Å². The molecule has 0 aliphatic rings. The molecule has 1 aromatic carbocycles. The van der Waals surface area contributed by atoms with Crippen molar-refractivity contribution in [2.24, 2.45) is 0 Å². The fourth-order valence-corrected chi connectivity index (χ4v) is 1.65. The second-order valence-electron chi connectivity index (χ2n) is 4.04. The van der Waals surface area contributed by atoms with Crippen molar-refractivity contribution in [2.75, 3.05) is 17.2 Å². The second kappa shape index (κ2) is 6.49. The number of anilines is 2. The number of benzene rings is 1. The first kappa shape index (κ1) is 13.0. The topological polar surface area (TPSA) is 66.9 Å². The van der Waals surface area contributed by atoms with Crippen LogP contribution in [0.1, 0.15) is 23.7 Å². The largest absolute Gasteiger partial charge is 0.384 e. The Morgan fingerprint density at radius 3 is 2.79 bits per heavy atom. The van der Waals surface area contributed by atoms with Crippen LogP contribution >= 0.6 is 0 Å². The van der Waals surface area contributed by atoms with Gasteiger partial charge in [0.2, 0.25) is 0 Å². The lowest BCUT2D eigenvalue weighted by atomic mass is 10.1. The Labute approximate surface area is 112 Å². The molecule has 2 rings (SSSR count). The van der Waals surface area contributed by atoms with E-state index in [4.69, 9.17) is 0 Å². The maximum Gasteiger partial charge on any atom is 0.258 e. The molecule has 0 radical (unpaired) electrons. The fraction of sp³-hybridized carbons (Fsp3) is 0.214. The predicted octanol–water partition coefficient (Wildman–Crippen LogP) is 2.55. The Hall–Kier alpha value is -2.43. The molecule has 0 aliphatic carbocycles. The van der Waals surface area contributed by atoms with E-state index in [-0.39, 0.29) is 5.91 Å². The van der Waals surface area contributed by atoms with Crippen LogP contribution in [0.5, 0.6) is 0 Å². The highest BCUT2D eigenvalue weighted by molar-refractivity contribution is 6.07. The maximum absolute atomic E-state index is 12.2. The first-order chi connectivity index (χ1) is 9.31. The third-order valence-corrected chi connectivity index (χ3v) is 2.55. The zero-order valence-corrected chi connectivity index (χ0v) is 10.8. The number of amides is 1. The summed E-state index contributed by atoms with van der Waals surface area (Å²) in [7, 11) is 0. The van der Waals surface area contributed by atoms with Crippen molar-refractivity contribution < 1.29 is 4.79 Å². The Morgan fingerprint density at radius 2 is 2.05 bits per heavy atom. The van der Waals surface area contributed by atoms with Gasteiger partial charge in [-0.15, -0.1) is 5.10 Å². The summed E-state index contributed by atoms with van der Waals surface area (Å²) in [6, 6.07) is 10.8. The summed E-state index contributed by atoms with van der Waals surface area (Å²) in [5, 5.41) is 13.5. The first-order valence-electron chi connectivity index (χ1n) is 6.23. The van der Waals surface area contributed by atoms with Crippen LogP contribution < -0.4 is 10.6 Å². The lowest BCUT2D eigenvalue weighted by molar-refractivity contribution is 0.102. The molecule has 0 spiro atoms. The molecule has 0 aliphatic heterocycles. The number of carbonyl (C=O) groups is 1. The predicted molar refractivity (Wildman–Crippen MR) is 75.2 cm³/mol. The van der Waals surface area contributed by atoms with Crippen LogP contribution in [0.15, 0.2) is 42.6 Å². The number of hydrogen-bond donors (Lipinski definition) is 2. The Kier molecular flexibility index (Phi) is 4.44. The summed E-state index contributed by atoms with van der Waals surface area (Å²) in [4.78, 5) is 12.2. The smallest absolute Gasteiger partial charge is 0.258 e. The van der Waals surface area contributed by atoms with Crippen molar-refractivity contribution in [3.05, 3.63) is 48.2 Å². The monoisotopic (exact) mass is 256 g/mol. The van der Waals surface area contributed by atoms with Crippen molar-refractivity contribution in [2.45, 2.75) is 13.3 Å². The Bertz CT molecular complexity index is 542. The first-order valence-corrected chi connectivity index (χ1v) is 6.23. The van der Waals surface area contributed by atoms with E-state index in [1.165, 1.54) is 0 Å². The zero-order valence-electron chi connectivity index (χ0n) is 10.8. The molecule has 2 aromatic rings. The van der Waals surface area contributed by atoms with Gasteiger partial charge in [0, 0.05) is 18.4 Å². The van der Waals surface area contributed by atoms with Crippen LogP contribution in [0.2, 0.25) is 0 Å². The Morgan fingerprint density at radius 1 is 1.21 bits per heavy atom. The summed E-state index contributed by atoms with van der Waals surface area (Å²) in [6.07, 6.45) is 2.56. The molecule has 0 bridgehead atoms. The van der Waals surface area contributed by atoms with E-state index >= 15 is 0 Å². The van der Waals surface area contributed by atoms with Gasteiger partial charge in [-0.05, 0) is 30.7 Å². The quantitative estimate of drug-likeness (QED) is 0.862. The highest BCUT2D eigenvalue weighted by Gasteiger charge is 2.11. The van der Waals surface area contributed by atoms with E-state index in [0.29, 0.717) is 11.4 Å². The van der Waals surface area contributed by atoms with Crippen molar-refractivity contribution in [1.82, 2.24) is 10.2 Å². The lowest BCUT2D eigenvalue weighted by Crippen LogP contribution is -2.16. The summed E-state index contributed by atoms with van der Waals surface area (Å²) in [6.45, 7) is 2.91. The molecule has 19 heavy (non-hydrogen) atoms. The molecule has 0 saturated heterocycles. The lowest BCUT2D eigenvalue weighted by Gasteiger charge is -2.10. The second-order valence-corrected chi connectivity index (χ2v) is 4.04. The number of nitrogens with zero attached hydrogens (tertiary/aromatic N) is 2. The molecule has 5 nitrogen and oxygen atoms in total. The molecule has 5 heteroatoms. The standard InChI is InChI=1S/C14H16N4O/c1-2-9-15-12-7-4-3-6-11(12)14(19)17-13-8-5-10-16-18-13/h3-8,10,15H,2,9H2,1H3,(H,17,18,19). The number of rotatable bonds is 5. The SMILES string of the molecule is CCCNc1ccccc1C(=O)Nc1cccnn1. The Balaban J connectivity index is 2.14. The van der Waals surface area contributed by atoms with E-state index < -0.39 is 0 Å². The van der Waals surface area contributed by atoms with Crippen molar-refractivity contribution in [3.8, 4) is 0 Å². The summed E-state index contributed by atoms with van der Waals surface area (Å²) < 4.78 is 0. The van der Waals surface area contributed by atoms with Crippen LogP contribution in [-0.4, -0.2) is 22.6 Å². The molecular formula is C14H16N4O. The molecular weight excluding hydrogens is 240 g/mol. The van der Waals surface area contributed by atoms with Crippen LogP contribution in [0.3, 0.4) is 0 Å². The highest BCUT2D eigenvalue weighted by Crippen LogP contribution is 2.16. The third-order valence-electron chi connectivity index (χ3n) is 2.55. The molecule has 0 saturated carbocycles. The van der Waals surface area contributed by atoms with E-state index in [2.05, 4.69) is 27.8 Å². The normalized spacial score (nSPS) is 9.95. The van der Waals surface area contributed by atoms with Crippen LogP contribution in [-0.2, 0) is 0 Å². The fourth-order valence-electron chi connectivity index (χ4n) is 1.65. The van der Waals surface area contributed by atoms with Gasteiger partial charge < -0.3 is 10.6 Å². The van der Waals surface area contributed by atoms with Crippen molar-refractivity contribution in [3.63, 3.8) is 0 Å². The van der Waals surface area contributed by atoms with Crippen LogP contribution in [0.25, 0.3) is 0 Å². The van der Waals surface area contributed by atoms with Gasteiger partial charge in [-0.25, -0.2) is 0 Å². The minimum Gasteiger partial charge on any atom is -0.384 e. The summed E-state index contributed by atoms with van der Waals surface area (Å²) in [5.74, 6) is 0.248. The molecule has 1 amide bonds. The van der Waals surface area contributed by atoms with Gasteiger partial charge >= 0.3 is 0 Å². The van der Waals surface area contributed by atoms with Gasteiger partial charge in [0.1, 0.15) is 0 Å². The zero-order chi connectivity index (χ0) is 13.5. The minimum absolute atomic E-state index is 0.195. The van der Waals surface area contributed by atoms with E-state index in [0.717, 1.165) is 18.7 Å². The molecule has 98 valence electrons. The number of carbonyl (C=O) groups excluding carboxylic acids is 1. The number of para-hydroxylation sites is 1. The van der Waals surface area contributed by atoms with Gasteiger partial charge in [0.05, 0.1) is 5.56 Å². The van der Waals surface area contributed by atoms with Gasteiger partial charge in [0.25, 0.3) is 5.91 Å². The molecule has 0 unspecified atom stereocenters. The van der Waals surface area contributed by atoms with Crippen molar-refractivity contribution in [1.29, 1.82) is 0 Å². The van der Waals surface area contributed by atoms with Gasteiger partial charge in [-0.3, -0.25) is 4.79 Å². The number of hydrogen-bond acceptors (Lipinski definition) is 4. The minimum atomic E-state index is -0.195. The molecule has 2 N–H and O–H groups in total. The molecule has 1 aromatic heterocycles. The highest BCUT2D eigenvalue weighted by atomic mass is 16.1. The molecule has 0 atom stereocenters. The van der Waals surface area contributed by atoms with Gasteiger partial charge in [-0.1, -0.05) is 19.1 Å². The maximum atomic E-state index is 12.2. The van der Waals surface area contributed by atoms with Gasteiger partial charge in [-0.2, -0.15) is 5.10 Å². The van der Waals surface area contributed by atoms with Crippen LogP contribution in [0, 0.1) is 0 Å². The van der Waals surface area contributed by atoms with E-state index in [1.54, 1.807) is 24.4 Å².